The van der Waals surface area contributed by atoms with Gasteiger partial charge in [-0.3, -0.25) is 0 Å². The number of benzene rings is 1. The van der Waals surface area contributed by atoms with Gasteiger partial charge in [0.15, 0.2) is 0 Å². The second-order valence-corrected chi connectivity index (χ2v) is 6.75. The van der Waals surface area contributed by atoms with E-state index in [0.29, 0.717) is 33.6 Å². The number of hydrogen-bond acceptors (Lipinski definition) is 2. The van der Waals surface area contributed by atoms with Gasteiger partial charge in [0.05, 0.1) is 10.0 Å². The predicted octanol–water partition coefficient (Wildman–Crippen LogP) is 5.10. The lowest BCUT2D eigenvalue weighted by Gasteiger charge is -2.31. The quantitative estimate of drug-likeness (QED) is 0.655. The molecule has 0 bridgehead atoms. The molecule has 0 spiro atoms. The van der Waals surface area contributed by atoms with Crippen LogP contribution in [0.5, 0.6) is 0 Å². The fourth-order valence-electron chi connectivity index (χ4n) is 2.68. The minimum absolute atomic E-state index is 0.497. The Morgan fingerprint density at radius 3 is 2.14 bits per heavy atom. The van der Waals surface area contributed by atoms with E-state index in [1.807, 2.05) is 0 Å². The highest BCUT2D eigenvalue weighted by atomic mass is 35.5. The zero-order valence-electron chi connectivity index (χ0n) is 13.2. The zero-order valence-corrected chi connectivity index (χ0v) is 15.5. The smallest absolute Gasteiger partial charge is 0.0652 e. The summed E-state index contributed by atoms with van der Waals surface area (Å²) in [6.45, 7) is 6.02. The van der Waals surface area contributed by atoms with Gasteiger partial charge in [0.1, 0.15) is 0 Å². The zero-order chi connectivity index (χ0) is 16.0. The van der Waals surface area contributed by atoms with Gasteiger partial charge in [-0.2, -0.15) is 0 Å². The van der Waals surface area contributed by atoms with E-state index in [1.54, 1.807) is 12.1 Å². The molecule has 5 heteroatoms. The SMILES string of the molecule is CCC(CC)C(CNCc1c(Cl)ccc(Cl)c1Cl)N(C)C. The lowest BCUT2D eigenvalue weighted by molar-refractivity contribution is 0.194. The molecule has 0 aliphatic heterocycles. The Hall–Kier alpha value is 0.01000. The molecule has 120 valence electrons. The molecule has 0 saturated heterocycles. The molecule has 1 rings (SSSR count). The molecule has 1 N–H and O–H groups in total. The van der Waals surface area contributed by atoms with Crippen LogP contribution in [0.25, 0.3) is 0 Å². The summed E-state index contributed by atoms with van der Waals surface area (Å²) in [4.78, 5) is 2.28. The van der Waals surface area contributed by atoms with Crippen molar-refractivity contribution in [3.63, 3.8) is 0 Å². The Morgan fingerprint density at radius 2 is 1.62 bits per heavy atom. The molecular weight excluding hydrogens is 327 g/mol. The Morgan fingerprint density at radius 1 is 1.05 bits per heavy atom. The lowest BCUT2D eigenvalue weighted by Crippen LogP contribution is -2.42. The van der Waals surface area contributed by atoms with E-state index in [0.717, 1.165) is 12.1 Å². The van der Waals surface area contributed by atoms with Gasteiger partial charge in [-0.05, 0) is 32.1 Å². The maximum atomic E-state index is 6.23. The molecule has 0 heterocycles. The molecule has 0 aliphatic rings. The molecule has 0 aliphatic carbocycles. The van der Waals surface area contributed by atoms with Gasteiger partial charge in [0, 0.05) is 29.7 Å². The molecule has 21 heavy (non-hydrogen) atoms. The van der Waals surface area contributed by atoms with Crippen LogP contribution < -0.4 is 5.32 Å². The number of nitrogens with one attached hydrogen (secondary N) is 1. The van der Waals surface area contributed by atoms with Crippen LogP contribution >= 0.6 is 34.8 Å². The van der Waals surface area contributed by atoms with Gasteiger partial charge in [-0.1, -0.05) is 61.5 Å². The summed E-state index contributed by atoms with van der Waals surface area (Å²) < 4.78 is 0. The van der Waals surface area contributed by atoms with Crippen molar-refractivity contribution in [3.05, 3.63) is 32.8 Å². The van der Waals surface area contributed by atoms with E-state index in [2.05, 4.69) is 38.2 Å². The van der Waals surface area contributed by atoms with E-state index >= 15 is 0 Å². The molecule has 1 aromatic rings. The van der Waals surface area contributed by atoms with Crippen LogP contribution in [0, 0.1) is 5.92 Å². The minimum Gasteiger partial charge on any atom is -0.311 e. The van der Waals surface area contributed by atoms with Gasteiger partial charge in [-0.25, -0.2) is 0 Å². The van der Waals surface area contributed by atoms with Crippen LogP contribution in [0.1, 0.15) is 32.3 Å². The molecule has 0 amide bonds. The van der Waals surface area contributed by atoms with Crippen molar-refractivity contribution in [1.29, 1.82) is 0 Å². The fraction of sp³-hybridized carbons (Fsp3) is 0.625. The highest BCUT2D eigenvalue weighted by Gasteiger charge is 2.20. The van der Waals surface area contributed by atoms with Crippen molar-refractivity contribution in [2.75, 3.05) is 20.6 Å². The first-order chi connectivity index (χ1) is 9.92. The van der Waals surface area contributed by atoms with Crippen LogP contribution in [-0.4, -0.2) is 31.6 Å². The molecule has 1 atom stereocenters. The third kappa shape index (κ3) is 5.30. The number of nitrogens with zero attached hydrogens (tertiary/aromatic N) is 1. The van der Waals surface area contributed by atoms with E-state index in [1.165, 1.54) is 12.8 Å². The average molecular weight is 352 g/mol. The number of likely N-dealkylation sites (N-methyl/N-ethyl adjacent to an activating group) is 1. The predicted molar refractivity (Wildman–Crippen MR) is 94.7 cm³/mol. The Labute approximate surface area is 143 Å². The maximum Gasteiger partial charge on any atom is 0.0652 e. The third-order valence-corrected chi connectivity index (χ3v) is 5.25. The van der Waals surface area contributed by atoms with Gasteiger partial charge in [-0.15, -0.1) is 0 Å². The van der Waals surface area contributed by atoms with E-state index in [-0.39, 0.29) is 0 Å². The van der Waals surface area contributed by atoms with Gasteiger partial charge < -0.3 is 10.2 Å². The van der Waals surface area contributed by atoms with Crippen LogP contribution in [0.3, 0.4) is 0 Å². The Bertz CT molecular complexity index is 445. The summed E-state index contributed by atoms with van der Waals surface area (Å²) in [6.07, 6.45) is 2.36. The van der Waals surface area contributed by atoms with Gasteiger partial charge in [0.2, 0.25) is 0 Å². The summed E-state index contributed by atoms with van der Waals surface area (Å²) in [5, 5.41) is 5.21. The van der Waals surface area contributed by atoms with Crippen molar-refractivity contribution in [2.24, 2.45) is 5.92 Å². The molecular formula is C16H25Cl3N2. The first-order valence-electron chi connectivity index (χ1n) is 7.41. The van der Waals surface area contributed by atoms with Crippen LogP contribution in [-0.2, 0) is 6.54 Å². The normalized spacial score (nSPS) is 13.2. The first kappa shape index (κ1) is 19.1. The molecule has 0 aromatic heterocycles. The Kier molecular flexibility index (Phi) is 8.36. The van der Waals surface area contributed by atoms with Crippen LogP contribution in [0.15, 0.2) is 12.1 Å². The average Bonchev–Trinajstić information content (AvgIpc) is 2.45. The third-order valence-electron chi connectivity index (χ3n) is 4.05. The molecule has 0 fully saturated rings. The highest BCUT2D eigenvalue weighted by molar-refractivity contribution is 6.44. The van der Waals surface area contributed by atoms with Crippen LogP contribution in [0.2, 0.25) is 15.1 Å². The van der Waals surface area contributed by atoms with Crippen molar-refractivity contribution in [2.45, 2.75) is 39.3 Å². The van der Waals surface area contributed by atoms with Crippen molar-refractivity contribution in [1.82, 2.24) is 10.2 Å². The number of rotatable bonds is 8. The summed E-state index contributed by atoms with van der Waals surface area (Å²) in [7, 11) is 4.26. The topological polar surface area (TPSA) is 15.3 Å². The fourth-order valence-corrected chi connectivity index (χ4v) is 3.36. The van der Waals surface area contributed by atoms with E-state index in [4.69, 9.17) is 34.8 Å². The maximum absolute atomic E-state index is 6.23. The molecule has 0 saturated carbocycles. The van der Waals surface area contributed by atoms with Gasteiger partial charge >= 0.3 is 0 Å². The van der Waals surface area contributed by atoms with E-state index in [9.17, 15) is 0 Å². The summed E-state index contributed by atoms with van der Waals surface area (Å²) in [6, 6.07) is 4.01. The lowest BCUT2D eigenvalue weighted by atomic mass is 9.93. The second-order valence-electron chi connectivity index (χ2n) is 5.56. The number of halogens is 3. The van der Waals surface area contributed by atoms with E-state index < -0.39 is 0 Å². The molecule has 0 radical (unpaired) electrons. The molecule has 1 aromatic carbocycles. The van der Waals surface area contributed by atoms with Crippen molar-refractivity contribution in [3.8, 4) is 0 Å². The Balaban J connectivity index is 2.69. The molecule has 2 nitrogen and oxygen atoms in total. The second kappa shape index (κ2) is 9.22. The highest BCUT2D eigenvalue weighted by Crippen LogP contribution is 2.31. The van der Waals surface area contributed by atoms with Crippen molar-refractivity contribution < 1.29 is 0 Å². The monoisotopic (exact) mass is 350 g/mol. The first-order valence-corrected chi connectivity index (χ1v) is 8.55. The summed E-state index contributed by atoms with van der Waals surface area (Å²) >= 11 is 18.5. The standard InChI is InChI=1S/C16H25Cl3N2/c1-5-11(6-2)15(21(3)4)10-20-9-12-13(17)7-8-14(18)16(12)19/h7-8,11,15,20H,5-6,9-10H2,1-4H3. The summed E-state index contributed by atoms with van der Waals surface area (Å²) in [5.74, 6) is 0.679. The summed E-state index contributed by atoms with van der Waals surface area (Å²) in [5.41, 5.74) is 0.868. The molecule has 1 unspecified atom stereocenters. The van der Waals surface area contributed by atoms with Crippen molar-refractivity contribution >= 4 is 34.8 Å². The largest absolute Gasteiger partial charge is 0.311 e. The minimum atomic E-state index is 0.497. The van der Waals surface area contributed by atoms with Gasteiger partial charge in [0.25, 0.3) is 0 Å². The van der Waals surface area contributed by atoms with Crippen LogP contribution in [0.4, 0.5) is 0 Å². The number of hydrogen-bond donors (Lipinski definition) is 1.